The minimum absolute atomic E-state index is 0.172. The fourth-order valence-corrected chi connectivity index (χ4v) is 3.86. The molecule has 0 saturated carbocycles. The predicted molar refractivity (Wildman–Crippen MR) is 105 cm³/mol. The molecule has 3 aromatic rings. The van der Waals surface area contributed by atoms with Crippen LogP contribution in [0.15, 0.2) is 65.8 Å². The smallest absolute Gasteiger partial charge is 0.233 e. The molecule has 132 valence electrons. The molecule has 0 aliphatic carbocycles. The first-order valence-electron chi connectivity index (χ1n) is 8.72. The largest absolute Gasteiger partial charge is 0.353 e. The molecule has 0 spiro atoms. The third-order valence-electron chi connectivity index (χ3n) is 4.52. The summed E-state index contributed by atoms with van der Waals surface area (Å²) < 4.78 is 0. The number of rotatable bonds is 4. The number of amides is 1. The maximum Gasteiger partial charge on any atom is 0.233 e. The Labute approximate surface area is 157 Å². The number of fused-ring (bicyclic) bond motifs is 1. The van der Waals surface area contributed by atoms with Crippen LogP contribution in [0.1, 0.15) is 0 Å². The van der Waals surface area contributed by atoms with Crippen molar-refractivity contribution >= 4 is 34.4 Å². The number of para-hydroxylation sites is 1. The summed E-state index contributed by atoms with van der Waals surface area (Å²) >= 11 is 1.51. The van der Waals surface area contributed by atoms with Crippen molar-refractivity contribution in [1.82, 2.24) is 14.9 Å². The summed E-state index contributed by atoms with van der Waals surface area (Å²) in [7, 11) is 0. The van der Waals surface area contributed by atoms with Gasteiger partial charge in [0.1, 0.15) is 5.82 Å². The number of hydrogen-bond donors (Lipinski definition) is 0. The predicted octanol–water partition coefficient (Wildman–Crippen LogP) is 3.07. The Bertz CT molecular complexity index is 894. The Balaban J connectivity index is 1.31. The lowest BCUT2D eigenvalue weighted by molar-refractivity contribution is -0.128. The van der Waals surface area contributed by atoms with Crippen molar-refractivity contribution in [3.8, 4) is 0 Å². The van der Waals surface area contributed by atoms with Crippen LogP contribution in [0.3, 0.4) is 0 Å². The zero-order chi connectivity index (χ0) is 17.8. The van der Waals surface area contributed by atoms with Gasteiger partial charge in [0.2, 0.25) is 5.91 Å². The first-order valence-corrected chi connectivity index (χ1v) is 9.70. The molecular weight excluding hydrogens is 344 g/mol. The van der Waals surface area contributed by atoms with Crippen LogP contribution in [0.5, 0.6) is 0 Å². The van der Waals surface area contributed by atoms with Gasteiger partial charge in [-0.3, -0.25) is 4.79 Å². The second-order valence-electron chi connectivity index (χ2n) is 6.19. The van der Waals surface area contributed by atoms with Gasteiger partial charge >= 0.3 is 0 Å². The van der Waals surface area contributed by atoms with Gasteiger partial charge in [-0.15, -0.1) is 0 Å². The molecule has 1 aromatic carbocycles. The Hall–Kier alpha value is -2.60. The Morgan fingerprint density at radius 3 is 2.58 bits per heavy atom. The molecule has 1 aliphatic heterocycles. The molecule has 26 heavy (non-hydrogen) atoms. The maximum atomic E-state index is 12.5. The van der Waals surface area contributed by atoms with Gasteiger partial charge in [-0.05, 0) is 24.3 Å². The summed E-state index contributed by atoms with van der Waals surface area (Å²) in [5.74, 6) is 1.58. The first-order chi connectivity index (χ1) is 12.8. The lowest BCUT2D eigenvalue weighted by Crippen LogP contribution is -2.49. The second-order valence-corrected chi connectivity index (χ2v) is 7.18. The Morgan fingerprint density at radius 1 is 0.962 bits per heavy atom. The van der Waals surface area contributed by atoms with Gasteiger partial charge in [-0.25, -0.2) is 9.97 Å². The van der Waals surface area contributed by atoms with Crippen molar-refractivity contribution in [3.63, 3.8) is 0 Å². The summed E-state index contributed by atoms with van der Waals surface area (Å²) in [5.41, 5.74) is 0.967. The summed E-state index contributed by atoms with van der Waals surface area (Å²) in [6.45, 7) is 3.12. The van der Waals surface area contributed by atoms with Crippen LogP contribution in [-0.4, -0.2) is 52.7 Å². The molecule has 0 radical (unpaired) electrons. The first kappa shape index (κ1) is 16.8. The maximum absolute atomic E-state index is 12.5. The number of anilines is 1. The molecule has 1 saturated heterocycles. The molecule has 4 rings (SSSR count). The van der Waals surface area contributed by atoms with Crippen molar-refractivity contribution in [1.29, 1.82) is 0 Å². The minimum Gasteiger partial charge on any atom is -0.353 e. The molecule has 0 bridgehead atoms. The number of benzene rings is 1. The van der Waals surface area contributed by atoms with Crippen LogP contribution in [0.4, 0.5) is 5.82 Å². The topological polar surface area (TPSA) is 49.3 Å². The van der Waals surface area contributed by atoms with E-state index in [4.69, 9.17) is 0 Å². The highest BCUT2D eigenvalue weighted by Crippen LogP contribution is 2.21. The molecule has 1 aliphatic rings. The number of nitrogens with zero attached hydrogens (tertiary/aromatic N) is 4. The summed E-state index contributed by atoms with van der Waals surface area (Å²) in [4.78, 5) is 25.7. The Morgan fingerprint density at radius 2 is 1.77 bits per heavy atom. The van der Waals surface area contributed by atoms with Gasteiger partial charge in [-0.2, -0.15) is 0 Å². The Kier molecular flexibility index (Phi) is 5.02. The van der Waals surface area contributed by atoms with Crippen LogP contribution in [-0.2, 0) is 4.79 Å². The number of carbonyl (C=O) groups is 1. The van der Waals surface area contributed by atoms with E-state index in [1.807, 2.05) is 53.4 Å². The fraction of sp³-hybridized carbons (Fsp3) is 0.250. The number of aromatic nitrogens is 2. The lowest BCUT2D eigenvalue weighted by atomic mass is 10.2. The lowest BCUT2D eigenvalue weighted by Gasteiger charge is -2.35. The van der Waals surface area contributed by atoms with Crippen LogP contribution in [0.25, 0.3) is 10.9 Å². The SMILES string of the molecule is O=C(CSc1ccc2ccccc2n1)N1CCN(c2ccccn2)CC1. The molecule has 0 unspecified atom stereocenters. The monoisotopic (exact) mass is 364 g/mol. The minimum atomic E-state index is 0.172. The molecule has 1 fully saturated rings. The van der Waals surface area contributed by atoms with Crippen molar-refractivity contribution < 1.29 is 4.79 Å². The molecule has 5 nitrogen and oxygen atoms in total. The quantitative estimate of drug-likeness (QED) is 0.666. The van der Waals surface area contributed by atoms with Gasteiger partial charge in [0.15, 0.2) is 0 Å². The summed E-state index contributed by atoms with van der Waals surface area (Å²) in [5, 5.41) is 2.01. The second kappa shape index (κ2) is 7.74. The standard InChI is InChI=1S/C20H20N4OS/c25-20(15-26-19-9-8-16-5-1-2-6-17(16)22-19)24-13-11-23(12-14-24)18-7-3-4-10-21-18/h1-10H,11-15H2. The van der Waals surface area contributed by atoms with Crippen molar-refractivity contribution in [3.05, 3.63) is 60.8 Å². The van der Waals surface area contributed by atoms with Gasteiger partial charge in [-0.1, -0.05) is 42.1 Å². The highest BCUT2D eigenvalue weighted by atomic mass is 32.2. The zero-order valence-corrected chi connectivity index (χ0v) is 15.2. The third kappa shape index (κ3) is 3.80. The van der Waals surface area contributed by atoms with Gasteiger partial charge < -0.3 is 9.80 Å². The molecule has 0 atom stereocenters. The highest BCUT2D eigenvalue weighted by molar-refractivity contribution is 7.99. The number of thioether (sulfide) groups is 1. The summed E-state index contributed by atoms with van der Waals surface area (Å²) in [6, 6.07) is 18.0. The van der Waals surface area contributed by atoms with E-state index in [0.717, 1.165) is 47.9 Å². The third-order valence-corrected chi connectivity index (χ3v) is 5.44. The number of pyridine rings is 2. The highest BCUT2D eigenvalue weighted by Gasteiger charge is 2.21. The van der Waals surface area contributed by atoms with Gasteiger partial charge in [0.05, 0.1) is 16.3 Å². The van der Waals surface area contributed by atoms with Crippen molar-refractivity contribution in [2.45, 2.75) is 5.03 Å². The fourth-order valence-electron chi connectivity index (χ4n) is 3.08. The number of carbonyl (C=O) groups excluding carboxylic acids is 1. The van der Waals surface area contributed by atoms with E-state index < -0.39 is 0 Å². The van der Waals surface area contributed by atoms with E-state index in [1.54, 1.807) is 6.20 Å². The van der Waals surface area contributed by atoms with E-state index in [2.05, 4.69) is 20.9 Å². The summed E-state index contributed by atoms with van der Waals surface area (Å²) in [6.07, 6.45) is 1.81. The van der Waals surface area contributed by atoms with Crippen molar-refractivity contribution in [2.75, 3.05) is 36.8 Å². The average Bonchev–Trinajstić information content (AvgIpc) is 2.72. The van der Waals surface area contributed by atoms with Crippen molar-refractivity contribution in [2.24, 2.45) is 0 Å². The van der Waals surface area contributed by atoms with Crippen LogP contribution >= 0.6 is 11.8 Å². The zero-order valence-electron chi connectivity index (χ0n) is 14.4. The molecular formula is C20H20N4OS. The molecule has 0 N–H and O–H groups in total. The van der Waals surface area contributed by atoms with E-state index >= 15 is 0 Å². The van der Waals surface area contributed by atoms with Gasteiger partial charge in [0.25, 0.3) is 0 Å². The molecule has 2 aromatic heterocycles. The number of piperazine rings is 1. The van der Waals surface area contributed by atoms with Crippen LogP contribution in [0.2, 0.25) is 0 Å². The van der Waals surface area contributed by atoms with E-state index in [0.29, 0.717) is 5.75 Å². The normalized spacial score (nSPS) is 14.6. The molecule has 6 heteroatoms. The van der Waals surface area contributed by atoms with E-state index in [-0.39, 0.29) is 5.91 Å². The van der Waals surface area contributed by atoms with Crippen LogP contribution in [0, 0.1) is 0 Å². The van der Waals surface area contributed by atoms with E-state index in [1.165, 1.54) is 11.8 Å². The molecule has 1 amide bonds. The van der Waals surface area contributed by atoms with Gasteiger partial charge in [0, 0.05) is 37.8 Å². The van der Waals surface area contributed by atoms with Crippen LogP contribution < -0.4 is 4.90 Å². The van der Waals surface area contributed by atoms with E-state index in [9.17, 15) is 4.79 Å². The number of hydrogen-bond acceptors (Lipinski definition) is 5. The average molecular weight is 364 g/mol. The molecule has 3 heterocycles.